The van der Waals surface area contributed by atoms with Gasteiger partial charge in [0.25, 0.3) is 0 Å². The Labute approximate surface area is 134 Å². The van der Waals surface area contributed by atoms with Gasteiger partial charge in [0.2, 0.25) is 0 Å². The van der Waals surface area contributed by atoms with Crippen LogP contribution in [0.5, 0.6) is 0 Å². The van der Waals surface area contributed by atoms with Crippen LogP contribution in [0.15, 0.2) is 0 Å². The molecule has 0 radical (unpaired) electrons. The van der Waals surface area contributed by atoms with Crippen molar-refractivity contribution in [1.29, 1.82) is 0 Å². The smallest absolute Gasteiger partial charge is 0.0847 e. The predicted molar refractivity (Wildman–Crippen MR) is 90.0 cm³/mol. The lowest BCUT2D eigenvalue weighted by molar-refractivity contribution is 0.172. The molecule has 1 aromatic rings. The SMILES string of the molecule is CCn1nc(C)c(Cl)c1CC1(CNC(C)C)CCCCC1. The molecule has 21 heavy (non-hydrogen) atoms. The average molecular weight is 312 g/mol. The Hall–Kier alpha value is -0.540. The van der Waals surface area contributed by atoms with E-state index < -0.39 is 0 Å². The third-order valence-corrected chi connectivity index (χ3v) is 5.29. The molecule has 0 spiro atoms. The van der Waals surface area contributed by atoms with Gasteiger partial charge in [-0.1, -0.05) is 44.7 Å². The molecule has 1 aliphatic carbocycles. The van der Waals surface area contributed by atoms with Gasteiger partial charge in [-0.2, -0.15) is 5.10 Å². The lowest BCUT2D eigenvalue weighted by Gasteiger charge is -2.38. The molecule has 0 unspecified atom stereocenters. The maximum absolute atomic E-state index is 6.53. The molecule has 120 valence electrons. The van der Waals surface area contributed by atoms with Gasteiger partial charge in [-0.25, -0.2) is 0 Å². The summed E-state index contributed by atoms with van der Waals surface area (Å²) in [5, 5.41) is 9.13. The molecule has 1 aromatic heterocycles. The summed E-state index contributed by atoms with van der Waals surface area (Å²) in [6, 6.07) is 0.539. The minimum absolute atomic E-state index is 0.353. The topological polar surface area (TPSA) is 29.9 Å². The van der Waals surface area contributed by atoms with E-state index in [0.29, 0.717) is 11.5 Å². The second-order valence-electron chi connectivity index (χ2n) is 6.93. The highest BCUT2D eigenvalue weighted by molar-refractivity contribution is 6.31. The average Bonchev–Trinajstić information content (AvgIpc) is 2.74. The zero-order chi connectivity index (χ0) is 15.5. The van der Waals surface area contributed by atoms with Crippen LogP contribution in [0.3, 0.4) is 0 Å². The summed E-state index contributed by atoms with van der Waals surface area (Å²) >= 11 is 6.53. The number of nitrogens with zero attached hydrogens (tertiary/aromatic N) is 2. The third kappa shape index (κ3) is 4.01. The zero-order valence-electron chi connectivity index (χ0n) is 14.0. The summed E-state index contributed by atoms with van der Waals surface area (Å²) < 4.78 is 2.10. The van der Waals surface area contributed by atoms with E-state index in [1.54, 1.807) is 0 Å². The van der Waals surface area contributed by atoms with Crippen LogP contribution in [0.4, 0.5) is 0 Å². The molecule has 0 aliphatic heterocycles. The number of aryl methyl sites for hydroxylation is 2. The highest BCUT2D eigenvalue weighted by Gasteiger charge is 2.34. The van der Waals surface area contributed by atoms with Crippen LogP contribution in [-0.4, -0.2) is 22.4 Å². The largest absolute Gasteiger partial charge is 0.314 e. The van der Waals surface area contributed by atoms with Gasteiger partial charge < -0.3 is 5.32 Å². The van der Waals surface area contributed by atoms with Crippen LogP contribution in [-0.2, 0) is 13.0 Å². The summed E-state index contributed by atoms with van der Waals surface area (Å²) in [7, 11) is 0. The fourth-order valence-corrected chi connectivity index (χ4v) is 3.73. The normalized spacial score (nSPS) is 18.4. The molecule has 0 saturated heterocycles. The van der Waals surface area contributed by atoms with Crippen LogP contribution in [0.2, 0.25) is 5.02 Å². The summed E-state index contributed by atoms with van der Waals surface area (Å²) in [5.41, 5.74) is 2.56. The molecule has 0 aromatic carbocycles. The van der Waals surface area contributed by atoms with E-state index in [-0.39, 0.29) is 0 Å². The summed E-state index contributed by atoms with van der Waals surface area (Å²) in [5.74, 6) is 0. The molecule has 1 heterocycles. The fourth-order valence-electron chi connectivity index (χ4n) is 3.53. The molecule has 2 rings (SSSR count). The standard InChI is InChI=1S/C17H30ClN3/c1-5-21-15(16(18)14(4)20-21)11-17(12-19-13(2)3)9-7-6-8-10-17/h13,19H,5-12H2,1-4H3. The molecule has 4 heteroatoms. The number of halogens is 1. The van der Waals surface area contributed by atoms with Crippen LogP contribution >= 0.6 is 11.6 Å². The molecular weight excluding hydrogens is 282 g/mol. The van der Waals surface area contributed by atoms with E-state index in [9.17, 15) is 0 Å². The summed E-state index contributed by atoms with van der Waals surface area (Å²) in [6.45, 7) is 10.6. The molecule has 0 amide bonds. The Kier molecular flexibility index (Phi) is 5.73. The second-order valence-corrected chi connectivity index (χ2v) is 7.31. The van der Waals surface area contributed by atoms with Crippen molar-refractivity contribution in [2.45, 2.75) is 78.8 Å². The Morgan fingerprint density at radius 1 is 1.29 bits per heavy atom. The quantitative estimate of drug-likeness (QED) is 0.846. The summed E-state index contributed by atoms with van der Waals surface area (Å²) in [6.07, 6.45) is 7.73. The van der Waals surface area contributed by atoms with Crippen molar-refractivity contribution in [1.82, 2.24) is 15.1 Å². The van der Waals surface area contributed by atoms with E-state index in [2.05, 4.69) is 35.9 Å². The van der Waals surface area contributed by atoms with Crippen molar-refractivity contribution in [2.75, 3.05) is 6.54 Å². The van der Waals surface area contributed by atoms with E-state index in [0.717, 1.165) is 30.2 Å². The molecular formula is C17H30ClN3. The minimum Gasteiger partial charge on any atom is -0.314 e. The predicted octanol–water partition coefficient (Wildman–Crippen LogP) is 4.36. The van der Waals surface area contributed by atoms with Gasteiger partial charge in [-0.05, 0) is 38.5 Å². The Bertz CT molecular complexity index is 459. The highest BCUT2D eigenvalue weighted by atomic mass is 35.5. The Morgan fingerprint density at radius 3 is 2.52 bits per heavy atom. The first kappa shape index (κ1) is 16.8. The number of aromatic nitrogens is 2. The first-order valence-electron chi connectivity index (χ1n) is 8.42. The van der Waals surface area contributed by atoms with E-state index in [4.69, 9.17) is 11.6 Å². The second kappa shape index (κ2) is 7.15. The Morgan fingerprint density at radius 2 is 1.95 bits per heavy atom. The van der Waals surface area contributed by atoms with Gasteiger partial charge >= 0.3 is 0 Å². The molecule has 0 bridgehead atoms. The van der Waals surface area contributed by atoms with Gasteiger partial charge in [0.05, 0.1) is 16.4 Å². The van der Waals surface area contributed by atoms with Gasteiger partial charge in [0.15, 0.2) is 0 Å². The fraction of sp³-hybridized carbons (Fsp3) is 0.824. The maximum Gasteiger partial charge on any atom is 0.0847 e. The summed E-state index contributed by atoms with van der Waals surface area (Å²) in [4.78, 5) is 0. The van der Waals surface area contributed by atoms with Gasteiger partial charge in [0, 0.05) is 19.1 Å². The van der Waals surface area contributed by atoms with Crippen molar-refractivity contribution < 1.29 is 0 Å². The van der Waals surface area contributed by atoms with E-state index in [1.807, 2.05) is 6.92 Å². The van der Waals surface area contributed by atoms with Crippen LogP contribution < -0.4 is 5.32 Å². The number of nitrogens with one attached hydrogen (secondary N) is 1. The first-order chi connectivity index (χ1) is 9.97. The molecule has 1 aliphatic rings. The monoisotopic (exact) mass is 311 g/mol. The molecule has 0 atom stereocenters. The van der Waals surface area contributed by atoms with Crippen molar-refractivity contribution >= 4 is 11.6 Å². The van der Waals surface area contributed by atoms with Crippen molar-refractivity contribution in [3.05, 3.63) is 16.4 Å². The zero-order valence-corrected chi connectivity index (χ0v) is 14.8. The lowest BCUT2D eigenvalue weighted by atomic mass is 9.71. The van der Waals surface area contributed by atoms with Gasteiger partial charge in [-0.3, -0.25) is 4.68 Å². The van der Waals surface area contributed by atoms with E-state index >= 15 is 0 Å². The maximum atomic E-state index is 6.53. The van der Waals surface area contributed by atoms with Crippen molar-refractivity contribution in [2.24, 2.45) is 5.41 Å². The first-order valence-corrected chi connectivity index (χ1v) is 8.80. The highest BCUT2D eigenvalue weighted by Crippen LogP contribution is 2.40. The molecule has 3 nitrogen and oxygen atoms in total. The minimum atomic E-state index is 0.353. The Balaban J connectivity index is 2.22. The van der Waals surface area contributed by atoms with Crippen molar-refractivity contribution in [3.8, 4) is 0 Å². The third-order valence-electron chi connectivity index (χ3n) is 4.79. The number of rotatable bonds is 6. The molecule has 1 N–H and O–H groups in total. The number of hydrogen-bond donors (Lipinski definition) is 1. The van der Waals surface area contributed by atoms with Gasteiger partial charge in [-0.15, -0.1) is 0 Å². The molecule has 1 fully saturated rings. The van der Waals surface area contributed by atoms with Crippen LogP contribution in [0.1, 0.15) is 64.3 Å². The lowest BCUT2D eigenvalue weighted by Crippen LogP contribution is -2.41. The molecule has 1 saturated carbocycles. The van der Waals surface area contributed by atoms with Crippen LogP contribution in [0.25, 0.3) is 0 Å². The van der Waals surface area contributed by atoms with Gasteiger partial charge in [0.1, 0.15) is 0 Å². The number of hydrogen-bond acceptors (Lipinski definition) is 2. The van der Waals surface area contributed by atoms with Crippen LogP contribution in [0, 0.1) is 12.3 Å². The van der Waals surface area contributed by atoms with E-state index in [1.165, 1.54) is 37.8 Å². The van der Waals surface area contributed by atoms with Crippen molar-refractivity contribution in [3.63, 3.8) is 0 Å².